The highest BCUT2D eigenvalue weighted by Crippen LogP contribution is 2.07. The summed E-state index contributed by atoms with van der Waals surface area (Å²) in [5, 5.41) is 3.47. The lowest BCUT2D eigenvalue weighted by atomic mass is 10.1. The molecule has 1 fully saturated rings. The van der Waals surface area contributed by atoms with Crippen molar-refractivity contribution in [1.82, 2.24) is 15.2 Å². The Morgan fingerprint density at radius 2 is 2.50 bits per heavy atom. The molecule has 1 aromatic rings. The zero-order valence-corrected chi connectivity index (χ0v) is 8.19. The molecule has 14 heavy (non-hydrogen) atoms. The van der Waals surface area contributed by atoms with E-state index in [9.17, 15) is 0 Å². The predicted octanol–water partition coefficient (Wildman–Crippen LogP) is 0.999. The first-order valence-electron chi connectivity index (χ1n) is 4.87. The molecular formula is C11H15N3. The first kappa shape index (κ1) is 9.21. The van der Waals surface area contributed by atoms with E-state index in [1.54, 1.807) is 6.20 Å². The zero-order valence-electron chi connectivity index (χ0n) is 8.19. The Morgan fingerprint density at radius 3 is 3.14 bits per heavy atom. The summed E-state index contributed by atoms with van der Waals surface area (Å²) >= 11 is 0. The van der Waals surface area contributed by atoms with Crippen LogP contribution in [0.5, 0.6) is 0 Å². The fourth-order valence-corrected chi connectivity index (χ4v) is 1.56. The van der Waals surface area contributed by atoms with Crippen molar-refractivity contribution in [3.05, 3.63) is 42.9 Å². The third-order valence-electron chi connectivity index (χ3n) is 2.49. The lowest BCUT2D eigenvalue weighted by Gasteiger charge is -2.38. The van der Waals surface area contributed by atoms with Crippen molar-refractivity contribution in [2.45, 2.75) is 12.6 Å². The second kappa shape index (κ2) is 4.24. The number of nitrogens with one attached hydrogen (secondary N) is 1. The molecule has 3 heteroatoms. The highest BCUT2D eigenvalue weighted by Gasteiger charge is 2.22. The van der Waals surface area contributed by atoms with Gasteiger partial charge in [0.2, 0.25) is 0 Å². The number of pyridine rings is 1. The largest absolute Gasteiger partial charge is 0.375 e. The summed E-state index contributed by atoms with van der Waals surface area (Å²) < 4.78 is 0. The summed E-state index contributed by atoms with van der Waals surface area (Å²) in [6, 6.07) is 4.66. The Hall–Kier alpha value is -1.35. The highest BCUT2D eigenvalue weighted by molar-refractivity contribution is 5.08. The van der Waals surface area contributed by atoms with E-state index in [4.69, 9.17) is 0 Å². The third kappa shape index (κ3) is 2.12. The van der Waals surface area contributed by atoms with Gasteiger partial charge in [0.1, 0.15) is 0 Å². The van der Waals surface area contributed by atoms with Gasteiger partial charge in [-0.25, -0.2) is 0 Å². The fourth-order valence-electron chi connectivity index (χ4n) is 1.56. The SMILES string of the molecule is C=CN1CC(NCc2cccnc2)C1. The molecule has 2 rings (SSSR count). The maximum absolute atomic E-state index is 4.07. The summed E-state index contributed by atoms with van der Waals surface area (Å²) in [6.45, 7) is 6.78. The Morgan fingerprint density at radius 1 is 1.64 bits per heavy atom. The molecule has 1 aromatic heterocycles. The second-order valence-corrected chi connectivity index (χ2v) is 3.58. The van der Waals surface area contributed by atoms with Crippen molar-refractivity contribution in [3.63, 3.8) is 0 Å². The lowest BCUT2D eigenvalue weighted by Crippen LogP contribution is -2.55. The molecule has 0 bridgehead atoms. The normalized spacial score (nSPS) is 16.4. The summed E-state index contributed by atoms with van der Waals surface area (Å²) in [4.78, 5) is 6.27. The van der Waals surface area contributed by atoms with Crippen molar-refractivity contribution in [1.29, 1.82) is 0 Å². The number of aromatic nitrogens is 1. The molecule has 3 nitrogen and oxygen atoms in total. The van der Waals surface area contributed by atoms with Gasteiger partial charge < -0.3 is 10.2 Å². The van der Waals surface area contributed by atoms with Gasteiger partial charge >= 0.3 is 0 Å². The zero-order chi connectivity index (χ0) is 9.80. The van der Waals surface area contributed by atoms with Gasteiger partial charge in [-0.3, -0.25) is 4.98 Å². The molecule has 0 radical (unpaired) electrons. The van der Waals surface area contributed by atoms with E-state index in [1.807, 2.05) is 18.5 Å². The van der Waals surface area contributed by atoms with Crippen LogP contribution in [0.15, 0.2) is 37.3 Å². The van der Waals surface area contributed by atoms with Gasteiger partial charge in [0.15, 0.2) is 0 Å². The van der Waals surface area contributed by atoms with Gasteiger partial charge in [-0.2, -0.15) is 0 Å². The smallest absolute Gasteiger partial charge is 0.0422 e. The molecule has 0 spiro atoms. The minimum Gasteiger partial charge on any atom is -0.375 e. The van der Waals surface area contributed by atoms with Crippen molar-refractivity contribution in [2.75, 3.05) is 13.1 Å². The number of likely N-dealkylation sites (tertiary alicyclic amines) is 1. The second-order valence-electron chi connectivity index (χ2n) is 3.58. The number of hydrogen-bond acceptors (Lipinski definition) is 3. The van der Waals surface area contributed by atoms with E-state index in [2.05, 4.69) is 27.8 Å². The maximum atomic E-state index is 4.07. The van der Waals surface area contributed by atoms with Crippen LogP contribution in [0.1, 0.15) is 5.56 Å². The Labute approximate surface area is 84.5 Å². The molecule has 0 atom stereocenters. The Bertz CT molecular complexity index is 291. The summed E-state index contributed by atoms with van der Waals surface area (Å²) in [7, 11) is 0. The Balaban J connectivity index is 1.72. The highest BCUT2D eigenvalue weighted by atomic mass is 15.2. The fraction of sp³-hybridized carbons (Fsp3) is 0.364. The van der Waals surface area contributed by atoms with Crippen molar-refractivity contribution < 1.29 is 0 Å². The molecule has 2 heterocycles. The number of nitrogens with zero attached hydrogens (tertiary/aromatic N) is 2. The third-order valence-corrected chi connectivity index (χ3v) is 2.49. The standard InChI is InChI=1S/C11H15N3/c1-2-14-8-11(9-14)13-7-10-4-3-5-12-6-10/h2-6,11,13H,1,7-9H2. The van der Waals surface area contributed by atoms with E-state index < -0.39 is 0 Å². The molecule has 1 saturated heterocycles. The van der Waals surface area contributed by atoms with Crippen LogP contribution in [0, 0.1) is 0 Å². The van der Waals surface area contributed by atoms with Crippen LogP contribution < -0.4 is 5.32 Å². The number of hydrogen-bond donors (Lipinski definition) is 1. The predicted molar refractivity (Wildman–Crippen MR) is 56.6 cm³/mol. The topological polar surface area (TPSA) is 28.2 Å². The molecule has 74 valence electrons. The van der Waals surface area contributed by atoms with Crippen LogP contribution in [0.4, 0.5) is 0 Å². The van der Waals surface area contributed by atoms with Crippen molar-refractivity contribution in [3.8, 4) is 0 Å². The number of rotatable bonds is 4. The first-order valence-corrected chi connectivity index (χ1v) is 4.87. The monoisotopic (exact) mass is 189 g/mol. The van der Waals surface area contributed by atoms with Gasteiger partial charge in [0.05, 0.1) is 0 Å². The summed E-state index contributed by atoms with van der Waals surface area (Å²) in [5.41, 5.74) is 1.24. The van der Waals surface area contributed by atoms with Gasteiger partial charge in [-0.05, 0) is 17.8 Å². The van der Waals surface area contributed by atoms with Crippen LogP contribution in [0.25, 0.3) is 0 Å². The molecular weight excluding hydrogens is 174 g/mol. The van der Waals surface area contributed by atoms with Gasteiger partial charge in [-0.1, -0.05) is 12.6 Å². The van der Waals surface area contributed by atoms with Gasteiger partial charge in [-0.15, -0.1) is 0 Å². The van der Waals surface area contributed by atoms with Crippen molar-refractivity contribution >= 4 is 0 Å². The van der Waals surface area contributed by atoms with E-state index in [-0.39, 0.29) is 0 Å². The Kier molecular flexibility index (Phi) is 2.79. The lowest BCUT2D eigenvalue weighted by molar-refractivity contribution is 0.188. The van der Waals surface area contributed by atoms with Gasteiger partial charge in [0.25, 0.3) is 0 Å². The minimum atomic E-state index is 0.605. The van der Waals surface area contributed by atoms with E-state index in [0.717, 1.165) is 19.6 Å². The van der Waals surface area contributed by atoms with E-state index in [0.29, 0.717) is 6.04 Å². The average Bonchev–Trinajstić information content (AvgIpc) is 2.17. The first-order chi connectivity index (χ1) is 6.88. The quantitative estimate of drug-likeness (QED) is 0.766. The molecule has 0 aromatic carbocycles. The van der Waals surface area contributed by atoms with Crippen LogP contribution in [-0.4, -0.2) is 29.0 Å². The minimum absolute atomic E-state index is 0.605. The molecule has 0 amide bonds. The summed E-state index contributed by atoms with van der Waals surface area (Å²) in [6.07, 6.45) is 5.59. The molecule has 1 aliphatic rings. The molecule has 0 aliphatic carbocycles. The summed E-state index contributed by atoms with van der Waals surface area (Å²) in [5.74, 6) is 0. The van der Waals surface area contributed by atoms with E-state index >= 15 is 0 Å². The van der Waals surface area contributed by atoms with Crippen LogP contribution in [0.3, 0.4) is 0 Å². The van der Waals surface area contributed by atoms with Crippen LogP contribution in [0.2, 0.25) is 0 Å². The molecule has 0 saturated carbocycles. The van der Waals surface area contributed by atoms with E-state index in [1.165, 1.54) is 5.56 Å². The average molecular weight is 189 g/mol. The molecule has 1 N–H and O–H groups in total. The molecule has 1 aliphatic heterocycles. The van der Waals surface area contributed by atoms with Gasteiger partial charge in [0, 0.05) is 38.1 Å². The molecule has 0 unspecified atom stereocenters. The van der Waals surface area contributed by atoms with Crippen LogP contribution >= 0.6 is 0 Å². The maximum Gasteiger partial charge on any atom is 0.0422 e. The van der Waals surface area contributed by atoms with Crippen LogP contribution in [-0.2, 0) is 6.54 Å². The van der Waals surface area contributed by atoms with Crippen molar-refractivity contribution in [2.24, 2.45) is 0 Å².